The van der Waals surface area contributed by atoms with Gasteiger partial charge in [-0.15, -0.1) is 11.3 Å². The van der Waals surface area contributed by atoms with Crippen LogP contribution >= 0.6 is 11.3 Å². The first-order valence-electron chi connectivity index (χ1n) is 13.1. The molecule has 0 saturated carbocycles. The summed E-state index contributed by atoms with van der Waals surface area (Å²) >= 11 is 0.575. The van der Waals surface area contributed by atoms with Gasteiger partial charge in [0.05, 0.1) is 47.2 Å². The third kappa shape index (κ3) is 4.10. The van der Waals surface area contributed by atoms with Gasteiger partial charge in [0.2, 0.25) is 0 Å². The van der Waals surface area contributed by atoms with Gasteiger partial charge in [0.15, 0.2) is 29.0 Å². The highest BCUT2D eigenvalue weighted by molar-refractivity contribution is 7.13. The van der Waals surface area contributed by atoms with Crippen LogP contribution in [0.1, 0.15) is 26.2 Å². The Bertz CT molecular complexity index is 1890. The molecule has 0 radical (unpaired) electrons. The van der Waals surface area contributed by atoms with Crippen molar-refractivity contribution in [3.63, 3.8) is 0 Å². The molecule has 35 heavy (non-hydrogen) atoms. The minimum Gasteiger partial charge on any atom is -0.496 e. The number of carboxylic acids is 1. The lowest BCUT2D eigenvalue weighted by molar-refractivity contribution is 0.0704. The SMILES string of the molecule is [2H]C([2H])([2H])Oc1cc(F)c(-n2c(=O)[nH]c3csc(C(=O)O)c3c2=O)cc1OC([2H])([2H])c1c(OC([2H])([2H])[2H])ccc(F)c1F. The molecule has 13 heteroatoms. The number of aromatic amines is 1. The molecule has 2 aromatic carbocycles. The number of fused-ring (bicyclic) bond motifs is 1. The number of aromatic carboxylic acids is 1. The minimum absolute atomic E-state index is 0.102. The average molecular weight is 516 g/mol. The minimum atomic E-state index is -3.63. The standard InChI is InChI=1S/C22H15F3N2O7S/c1-32-14-4-3-10(23)18(25)9(14)7-34-16-6-13(11(24)5-15(16)33-2)27-20(28)17-12(26-22(27)31)8-35-19(17)21(29)30/h3-6,8H,7H2,1-2H3,(H,26,31)(H,29,30)/i1D3,2D3,7D2. The fraction of sp³-hybridized carbons (Fsp3) is 0.136. The maximum Gasteiger partial charge on any atom is 0.346 e. The number of nitrogens with zero attached hydrogens (tertiary/aromatic N) is 1. The molecule has 4 rings (SSSR count). The van der Waals surface area contributed by atoms with Crippen LogP contribution in [0, 0.1) is 17.5 Å². The lowest BCUT2D eigenvalue weighted by Crippen LogP contribution is -2.34. The van der Waals surface area contributed by atoms with Gasteiger partial charge < -0.3 is 24.3 Å². The van der Waals surface area contributed by atoms with Crippen LogP contribution in [0.3, 0.4) is 0 Å². The van der Waals surface area contributed by atoms with E-state index in [9.17, 15) is 28.3 Å². The van der Waals surface area contributed by atoms with Crippen molar-refractivity contribution in [1.82, 2.24) is 9.55 Å². The number of methoxy groups -OCH3 is 2. The summed E-state index contributed by atoms with van der Waals surface area (Å²) in [6.07, 6.45) is 0. The molecular formula is C22H15F3N2O7S. The molecule has 0 fully saturated rings. The Morgan fingerprint density at radius 2 is 1.89 bits per heavy atom. The molecule has 9 nitrogen and oxygen atoms in total. The van der Waals surface area contributed by atoms with E-state index in [-0.39, 0.29) is 16.2 Å². The van der Waals surface area contributed by atoms with Crippen LogP contribution in [0.4, 0.5) is 13.2 Å². The number of nitrogens with one attached hydrogen (secondary N) is 1. The van der Waals surface area contributed by atoms with Crippen molar-refractivity contribution >= 4 is 28.2 Å². The number of rotatable bonds is 7. The van der Waals surface area contributed by atoms with E-state index in [1.807, 2.05) is 0 Å². The van der Waals surface area contributed by atoms with Gasteiger partial charge in [0, 0.05) is 17.5 Å². The summed E-state index contributed by atoms with van der Waals surface area (Å²) in [6, 6.07) is 1.69. The van der Waals surface area contributed by atoms with Crippen molar-refractivity contribution in [2.75, 3.05) is 14.1 Å². The molecule has 0 atom stereocenters. The fourth-order valence-corrected chi connectivity index (χ4v) is 3.92. The van der Waals surface area contributed by atoms with E-state index in [0.29, 0.717) is 29.5 Å². The Labute approximate surface area is 208 Å². The molecule has 2 aromatic heterocycles. The number of hydrogen-bond donors (Lipinski definition) is 2. The Hall–Kier alpha value is -4.26. The van der Waals surface area contributed by atoms with Crippen molar-refractivity contribution in [3.05, 3.63) is 78.4 Å². The van der Waals surface area contributed by atoms with Crippen LogP contribution in [0.2, 0.25) is 0 Å². The highest BCUT2D eigenvalue weighted by atomic mass is 32.1. The van der Waals surface area contributed by atoms with Crippen LogP contribution in [0.15, 0.2) is 39.2 Å². The molecule has 0 aliphatic carbocycles. The predicted octanol–water partition coefficient (Wildman–Crippen LogP) is 3.45. The van der Waals surface area contributed by atoms with Gasteiger partial charge in [-0.25, -0.2) is 27.3 Å². The van der Waals surface area contributed by atoms with Crippen LogP contribution in [0.25, 0.3) is 16.6 Å². The van der Waals surface area contributed by atoms with Gasteiger partial charge in [-0.2, -0.15) is 0 Å². The van der Waals surface area contributed by atoms with E-state index >= 15 is 4.39 Å². The van der Waals surface area contributed by atoms with Crippen LogP contribution in [-0.2, 0) is 6.56 Å². The number of carboxylic acid groups (broad SMARTS) is 1. The summed E-state index contributed by atoms with van der Waals surface area (Å²) in [6.45, 7) is -3.63. The predicted molar refractivity (Wildman–Crippen MR) is 119 cm³/mol. The summed E-state index contributed by atoms with van der Waals surface area (Å²) < 4.78 is 119. The summed E-state index contributed by atoms with van der Waals surface area (Å²) in [5, 5.41) is 10.0. The third-order valence-electron chi connectivity index (χ3n) is 4.64. The molecule has 0 aliphatic rings. The van der Waals surface area contributed by atoms with E-state index in [0.717, 1.165) is 5.38 Å². The van der Waals surface area contributed by atoms with Gasteiger partial charge >= 0.3 is 11.7 Å². The van der Waals surface area contributed by atoms with Crippen LogP contribution in [-0.4, -0.2) is 34.7 Å². The lowest BCUT2D eigenvalue weighted by atomic mass is 10.2. The third-order valence-corrected chi connectivity index (χ3v) is 5.61. The number of thiophene rings is 1. The first kappa shape index (κ1) is 15.6. The van der Waals surface area contributed by atoms with Crippen molar-refractivity contribution in [3.8, 4) is 22.9 Å². The Kier molecular flexibility index (Phi) is 4.09. The van der Waals surface area contributed by atoms with Crippen molar-refractivity contribution < 1.29 is 48.2 Å². The van der Waals surface area contributed by atoms with Gasteiger partial charge in [-0.3, -0.25) is 4.79 Å². The maximum atomic E-state index is 15.3. The second kappa shape index (κ2) is 9.18. The number of aromatic nitrogens is 2. The van der Waals surface area contributed by atoms with Gasteiger partial charge in [-0.1, -0.05) is 0 Å². The van der Waals surface area contributed by atoms with E-state index in [1.54, 1.807) is 0 Å². The quantitative estimate of drug-likeness (QED) is 0.386. The van der Waals surface area contributed by atoms with Crippen molar-refractivity contribution in [2.45, 2.75) is 6.56 Å². The topological polar surface area (TPSA) is 120 Å². The zero-order valence-corrected chi connectivity index (χ0v) is 17.6. The number of halogens is 3. The molecule has 182 valence electrons. The number of ether oxygens (including phenoxy) is 3. The monoisotopic (exact) mass is 516 g/mol. The van der Waals surface area contributed by atoms with E-state index in [2.05, 4.69) is 14.5 Å². The van der Waals surface area contributed by atoms with Crippen LogP contribution < -0.4 is 25.5 Å². The Balaban J connectivity index is 1.97. The summed E-state index contributed by atoms with van der Waals surface area (Å²) in [4.78, 5) is 39.2. The molecule has 0 saturated heterocycles. The van der Waals surface area contributed by atoms with Crippen LogP contribution in [0.5, 0.6) is 17.2 Å². The van der Waals surface area contributed by atoms with Gasteiger partial charge in [-0.05, 0) is 12.1 Å². The highest BCUT2D eigenvalue weighted by Crippen LogP contribution is 2.33. The number of hydrogen-bond acceptors (Lipinski definition) is 7. The molecule has 2 N–H and O–H groups in total. The first-order valence-corrected chi connectivity index (χ1v) is 9.97. The highest BCUT2D eigenvalue weighted by Gasteiger charge is 2.23. The molecule has 2 heterocycles. The summed E-state index contributed by atoms with van der Waals surface area (Å²) in [5.74, 6) is -9.94. The Morgan fingerprint density at radius 1 is 1.14 bits per heavy atom. The Morgan fingerprint density at radius 3 is 2.60 bits per heavy atom. The second-order valence-electron chi connectivity index (χ2n) is 6.62. The van der Waals surface area contributed by atoms with Crippen molar-refractivity contribution in [1.29, 1.82) is 0 Å². The zero-order valence-electron chi connectivity index (χ0n) is 24.8. The smallest absolute Gasteiger partial charge is 0.346 e. The number of H-pyrrole nitrogens is 1. The molecule has 0 unspecified atom stereocenters. The molecule has 0 bridgehead atoms. The van der Waals surface area contributed by atoms with Gasteiger partial charge in [0.25, 0.3) is 5.56 Å². The normalized spacial score (nSPS) is 15.5. The largest absolute Gasteiger partial charge is 0.496 e. The molecule has 4 aromatic rings. The number of benzene rings is 2. The average Bonchev–Trinajstić information content (AvgIpc) is 3.26. The molecular weight excluding hydrogens is 493 g/mol. The van der Waals surface area contributed by atoms with Gasteiger partial charge in [0.1, 0.15) is 17.2 Å². The molecule has 0 amide bonds. The zero-order chi connectivity index (χ0) is 32.2. The van der Waals surface area contributed by atoms with E-state index in [1.165, 1.54) is 0 Å². The second-order valence-corrected chi connectivity index (χ2v) is 7.50. The maximum absolute atomic E-state index is 15.3. The van der Waals surface area contributed by atoms with E-state index in [4.69, 9.17) is 15.7 Å². The fourth-order valence-electron chi connectivity index (χ4n) is 3.09. The molecule has 0 aliphatic heterocycles. The summed E-state index contributed by atoms with van der Waals surface area (Å²) in [7, 11) is -6.62. The van der Waals surface area contributed by atoms with E-state index < -0.39 is 94.1 Å². The lowest BCUT2D eigenvalue weighted by Gasteiger charge is -2.16. The van der Waals surface area contributed by atoms with Crippen molar-refractivity contribution in [2.24, 2.45) is 0 Å². The molecule has 0 spiro atoms. The first-order chi connectivity index (χ1) is 19.7. The summed E-state index contributed by atoms with van der Waals surface area (Å²) in [5.41, 5.74) is -5.34. The number of carbonyl (C=O) groups is 1.